The molecule has 3 heteroatoms. The van der Waals surface area contributed by atoms with Crippen LogP contribution in [0.15, 0.2) is 24.4 Å². The van der Waals surface area contributed by atoms with Crippen LogP contribution in [0.4, 0.5) is 0 Å². The predicted octanol–water partition coefficient (Wildman–Crippen LogP) is 3.68. The molecule has 0 unspecified atom stereocenters. The zero-order valence-corrected chi connectivity index (χ0v) is 12.2. The van der Waals surface area contributed by atoms with Crippen LogP contribution in [-0.2, 0) is 10.2 Å². The Morgan fingerprint density at radius 3 is 2.63 bits per heavy atom. The summed E-state index contributed by atoms with van der Waals surface area (Å²) in [6.07, 6.45) is 4.54. The van der Waals surface area contributed by atoms with Crippen LogP contribution in [0.5, 0.6) is 0 Å². The smallest absolute Gasteiger partial charge is 0.0688 e. The van der Waals surface area contributed by atoms with E-state index >= 15 is 0 Å². The lowest BCUT2D eigenvalue weighted by atomic mass is 9.86. The van der Waals surface area contributed by atoms with Crippen molar-refractivity contribution in [3.8, 4) is 0 Å². The van der Waals surface area contributed by atoms with E-state index in [4.69, 9.17) is 4.74 Å². The van der Waals surface area contributed by atoms with Gasteiger partial charge in [0.05, 0.1) is 23.9 Å². The van der Waals surface area contributed by atoms with Gasteiger partial charge in [-0.3, -0.25) is 4.68 Å². The third-order valence-electron chi connectivity index (χ3n) is 4.21. The molecule has 1 aromatic heterocycles. The molecule has 1 aliphatic carbocycles. The molecule has 2 aromatic rings. The van der Waals surface area contributed by atoms with E-state index in [2.05, 4.69) is 48.8 Å². The van der Waals surface area contributed by atoms with E-state index in [-0.39, 0.29) is 5.41 Å². The minimum atomic E-state index is 0.179. The molecule has 1 aliphatic rings. The Morgan fingerprint density at radius 1 is 1.26 bits per heavy atom. The number of rotatable bonds is 2. The van der Waals surface area contributed by atoms with Crippen LogP contribution >= 0.6 is 0 Å². The number of benzene rings is 1. The highest BCUT2D eigenvalue weighted by molar-refractivity contribution is 5.79. The molecule has 3 rings (SSSR count). The fourth-order valence-electron chi connectivity index (χ4n) is 2.73. The Hall–Kier alpha value is -1.35. The van der Waals surface area contributed by atoms with Crippen LogP contribution in [0.2, 0.25) is 0 Å². The van der Waals surface area contributed by atoms with Crippen LogP contribution in [-0.4, -0.2) is 23.0 Å². The number of nitrogens with zero attached hydrogens (tertiary/aromatic N) is 2. The summed E-state index contributed by atoms with van der Waals surface area (Å²) >= 11 is 0. The maximum absolute atomic E-state index is 5.36. The van der Waals surface area contributed by atoms with Gasteiger partial charge in [-0.05, 0) is 29.9 Å². The summed E-state index contributed by atoms with van der Waals surface area (Å²) in [5, 5.41) is 5.80. The van der Waals surface area contributed by atoms with Gasteiger partial charge in [-0.2, -0.15) is 5.10 Å². The Morgan fingerprint density at radius 2 is 2.00 bits per heavy atom. The van der Waals surface area contributed by atoms with E-state index in [9.17, 15) is 0 Å². The van der Waals surface area contributed by atoms with Crippen molar-refractivity contribution < 1.29 is 4.74 Å². The Bertz CT molecular complexity index is 588. The van der Waals surface area contributed by atoms with Gasteiger partial charge in [-0.15, -0.1) is 0 Å². The van der Waals surface area contributed by atoms with Gasteiger partial charge in [0.25, 0.3) is 0 Å². The van der Waals surface area contributed by atoms with E-state index in [0.717, 1.165) is 12.8 Å². The molecule has 0 aliphatic heterocycles. The zero-order valence-electron chi connectivity index (χ0n) is 12.2. The second kappa shape index (κ2) is 4.34. The second-order valence-electron chi connectivity index (χ2n) is 6.60. The van der Waals surface area contributed by atoms with Crippen molar-refractivity contribution in [2.24, 2.45) is 0 Å². The van der Waals surface area contributed by atoms with Gasteiger partial charge in [0, 0.05) is 12.5 Å². The zero-order chi connectivity index (χ0) is 13.6. The van der Waals surface area contributed by atoms with Crippen molar-refractivity contribution in [2.45, 2.75) is 51.2 Å². The molecular formula is C16H22N2O. The molecule has 1 heterocycles. The van der Waals surface area contributed by atoms with Crippen LogP contribution in [0.25, 0.3) is 10.9 Å². The maximum Gasteiger partial charge on any atom is 0.0688 e. The first-order chi connectivity index (χ1) is 8.99. The lowest BCUT2D eigenvalue weighted by Crippen LogP contribution is -2.33. The van der Waals surface area contributed by atoms with Gasteiger partial charge in [0.1, 0.15) is 0 Å². The average Bonchev–Trinajstić information content (AvgIpc) is 2.70. The van der Waals surface area contributed by atoms with Gasteiger partial charge in [0.15, 0.2) is 0 Å². The summed E-state index contributed by atoms with van der Waals surface area (Å²) < 4.78 is 7.54. The van der Waals surface area contributed by atoms with E-state index in [1.165, 1.54) is 16.5 Å². The Labute approximate surface area is 114 Å². The van der Waals surface area contributed by atoms with Gasteiger partial charge in [-0.1, -0.05) is 32.9 Å². The molecule has 0 amide bonds. The van der Waals surface area contributed by atoms with Gasteiger partial charge >= 0.3 is 0 Å². The molecule has 0 saturated heterocycles. The quantitative estimate of drug-likeness (QED) is 0.821. The highest BCUT2D eigenvalue weighted by Crippen LogP contribution is 2.36. The summed E-state index contributed by atoms with van der Waals surface area (Å²) in [7, 11) is 1.79. The molecule has 0 spiro atoms. The number of aromatic nitrogens is 2. The lowest BCUT2D eigenvalue weighted by molar-refractivity contribution is 0.00387. The number of ether oxygens (including phenoxy) is 1. The fourth-order valence-corrected chi connectivity index (χ4v) is 2.73. The summed E-state index contributed by atoms with van der Waals surface area (Å²) in [5.74, 6) is 0. The topological polar surface area (TPSA) is 27.1 Å². The van der Waals surface area contributed by atoms with Gasteiger partial charge in [0.2, 0.25) is 0 Å². The Kier molecular flexibility index (Phi) is 2.90. The number of methoxy groups -OCH3 is 1. The highest BCUT2D eigenvalue weighted by atomic mass is 16.5. The SMILES string of the molecule is CO[C@H]1C[C@H](n2ncc3ccc(C(C)(C)C)cc32)C1. The highest BCUT2D eigenvalue weighted by Gasteiger charge is 2.32. The minimum absolute atomic E-state index is 0.179. The first kappa shape index (κ1) is 12.7. The standard InChI is InChI=1S/C16H22N2O/c1-16(2,3)12-6-5-11-10-17-18(15(11)7-12)13-8-14(9-13)19-4/h5-7,10,13-14H,8-9H2,1-4H3/t13-,14-. The molecule has 0 radical (unpaired) electrons. The van der Waals surface area contributed by atoms with Gasteiger partial charge in [-0.25, -0.2) is 0 Å². The first-order valence-corrected chi connectivity index (χ1v) is 6.99. The minimum Gasteiger partial charge on any atom is -0.381 e. The summed E-state index contributed by atoms with van der Waals surface area (Å²) in [4.78, 5) is 0. The van der Waals surface area contributed by atoms with E-state index in [0.29, 0.717) is 12.1 Å². The molecule has 0 bridgehead atoms. The van der Waals surface area contributed by atoms with Crippen LogP contribution in [0.1, 0.15) is 45.2 Å². The summed E-state index contributed by atoms with van der Waals surface area (Å²) in [5.41, 5.74) is 2.80. The predicted molar refractivity (Wildman–Crippen MR) is 77.5 cm³/mol. The van der Waals surface area contributed by atoms with E-state index in [1.807, 2.05) is 6.20 Å². The molecular weight excluding hydrogens is 236 g/mol. The molecule has 1 saturated carbocycles. The van der Waals surface area contributed by atoms with Gasteiger partial charge < -0.3 is 4.74 Å². The molecule has 1 aromatic carbocycles. The lowest BCUT2D eigenvalue weighted by Gasteiger charge is -2.34. The molecule has 102 valence electrons. The number of hydrogen-bond acceptors (Lipinski definition) is 2. The molecule has 1 fully saturated rings. The fraction of sp³-hybridized carbons (Fsp3) is 0.562. The van der Waals surface area contributed by atoms with E-state index in [1.54, 1.807) is 7.11 Å². The average molecular weight is 258 g/mol. The molecule has 19 heavy (non-hydrogen) atoms. The van der Waals surface area contributed by atoms with Crippen molar-refractivity contribution in [1.82, 2.24) is 9.78 Å². The number of fused-ring (bicyclic) bond motifs is 1. The van der Waals surface area contributed by atoms with Crippen LogP contribution < -0.4 is 0 Å². The van der Waals surface area contributed by atoms with Crippen LogP contribution in [0.3, 0.4) is 0 Å². The molecule has 0 N–H and O–H groups in total. The second-order valence-corrected chi connectivity index (χ2v) is 6.60. The number of hydrogen-bond donors (Lipinski definition) is 0. The van der Waals surface area contributed by atoms with Crippen LogP contribution in [0, 0.1) is 0 Å². The van der Waals surface area contributed by atoms with E-state index < -0.39 is 0 Å². The third kappa shape index (κ3) is 2.16. The van der Waals surface area contributed by atoms with Crippen molar-refractivity contribution >= 4 is 10.9 Å². The van der Waals surface area contributed by atoms with Crippen molar-refractivity contribution in [3.63, 3.8) is 0 Å². The van der Waals surface area contributed by atoms with Crippen molar-refractivity contribution in [3.05, 3.63) is 30.0 Å². The largest absolute Gasteiger partial charge is 0.381 e. The summed E-state index contributed by atoms with van der Waals surface area (Å²) in [6, 6.07) is 7.19. The molecule has 0 atom stereocenters. The summed E-state index contributed by atoms with van der Waals surface area (Å²) in [6.45, 7) is 6.75. The van der Waals surface area contributed by atoms with Crippen molar-refractivity contribution in [2.75, 3.05) is 7.11 Å². The monoisotopic (exact) mass is 258 g/mol. The maximum atomic E-state index is 5.36. The first-order valence-electron chi connectivity index (χ1n) is 6.99. The molecule has 3 nitrogen and oxygen atoms in total. The third-order valence-corrected chi connectivity index (χ3v) is 4.21. The Balaban J connectivity index is 1.97. The van der Waals surface area contributed by atoms with Crippen molar-refractivity contribution in [1.29, 1.82) is 0 Å². The normalized spacial score (nSPS) is 23.6.